The van der Waals surface area contributed by atoms with Crippen molar-refractivity contribution in [3.05, 3.63) is 0 Å². The average Bonchev–Trinajstić information content (AvgIpc) is 2.62. The van der Waals surface area contributed by atoms with Crippen molar-refractivity contribution in [1.82, 2.24) is 10.2 Å². The molecule has 4 unspecified atom stereocenters. The second kappa shape index (κ2) is 5.48. The quantitative estimate of drug-likeness (QED) is 0.839. The van der Waals surface area contributed by atoms with Crippen molar-refractivity contribution in [2.45, 2.75) is 81.7 Å². The molecule has 0 radical (unpaired) electrons. The van der Waals surface area contributed by atoms with Crippen LogP contribution in [0.3, 0.4) is 0 Å². The van der Waals surface area contributed by atoms with Crippen molar-refractivity contribution < 1.29 is 13.2 Å². The molecule has 2 bridgehead atoms. The first-order valence-corrected chi connectivity index (χ1v) is 7.98. The van der Waals surface area contributed by atoms with Crippen molar-refractivity contribution in [1.29, 1.82) is 0 Å². The standard InChI is InChI=1S/C15H25F3N2/c1-20-13-5-6-14(20)9-12(8-13)19-11-4-2-3-10(7-11)15(16,17)18/h10-14,19H,2-9H2,1H3. The summed E-state index contributed by atoms with van der Waals surface area (Å²) in [4.78, 5) is 2.47. The summed E-state index contributed by atoms with van der Waals surface area (Å²) in [5.41, 5.74) is 0. The van der Waals surface area contributed by atoms with Crippen LogP contribution in [-0.2, 0) is 0 Å². The second-order valence-electron chi connectivity index (χ2n) is 6.99. The number of nitrogens with one attached hydrogen (secondary N) is 1. The number of piperidine rings is 1. The first-order valence-electron chi connectivity index (χ1n) is 7.98. The van der Waals surface area contributed by atoms with E-state index in [1.807, 2.05) is 0 Å². The molecule has 1 N–H and O–H groups in total. The molecule has 0 aromatic rings. The lowest BCUT2D eigenvalue weighted by Gasteiger charge is -2.40. The van der Waals surface area contributed by atoms with Crippen LogP contribution in [0.5, 0.6) is 0 Å². The van der Waals surface area contributed by atoms with E-state index in [0.29, 0.717) is 31.0 Å². The number of fused-ring (bicyclic) bond motifs is 2. The second-order valence-corrected chi connectivity index (χ2v) is 6.99. The fourth-order valence-corrected chi connectivity index (χ4v) is 4.52. The lowest BCUT2D eigenvalue weighted by molar-refractivity contribution is -0.184. The molecule has 1 aliphatic carbocycles. The molecule has 2 aliphatic heterocycles. The summed E-state index contributed by atoms with van der Waals surface area (Å²) < 4.78 is 38.5. The third kappa shape index (κ3) is 2.98. The van der Waals surface area contributed by atoms with Gasteiger partial charge in [0.2, 0.25) is 0 Å². The van der Waals surface area contributed by atoms with Gasteiger partial charge in [0, 0.05) is 24.2 Å². The molecule has 3 fully saturated rings. The molecule has 0 amide bonds. The molecule has 2 saturated heterocycles. The zero-order valence-corrected chi connectivity index (χ0v) is 12.1. The summed E-state index contributed by atoms with van der Waals surface area (Å²) in [7, 11) is 2.19. The fourth-order valence-electron chi connectivity index (χ4n) is 4.52. The largest absolute Gasteiger partial charge is 0.391 e. The maximum atomic E-state index is 12.8. The minimum atomic E-state index is -4.01. The van der Waals surface area contributed by atoms with Gasteiger partial charge in [0.05, 0.1) is 5.92 Å². The van der Waals surface area contributed by atoms with Crippen molar-refractivity contribution >= 4 is 0 Å². The van der Waals surface area contributed by atoms with Gasteiger partial charge in [0.1, 0.15) is 0 Å². The topological polar surface area (TPSA) is 15.3 Å². The van der Waals surface area contributed by atoms with Gasteiger partial charge in [-0.2, -0.15) is 13.2 Å². The Morgan fingerprint density at radius 3 is 2.15 bits per heavy atom. The number of rotatable bonds is 2. The third-order valence-corrected chi connectivity index (χ3v) is 5.71. The third-order valence-electron chi connectivity index (χ3n) is 5.71. The van der Waals surface area contributed by atoms with E-state index in [1.165, 1.54) is 12.8 Å². The maximum absolute atomic E-state index is 12.8. The van der Waals surface area contributed by atoms with Gasteiger partial charge in [-0.15, -0.1) is 0 Å². The predicted molar refractivity (Wildman–Crippen MR) is 72.5 cm³/mol. The lowest BCUT2D eigenvalue weighted by atomic mass is 9.84. The highest BCUT2D eigenvalue weighted by Gasteiger charge is 2.43. The number of halogens is 3. The SMILES string of the molecule is CN1C2CCC1CC(NC1CCCC(C(F)(F)F)C1)C2. The highest BCUT2D eigenvalue weighted by Crippen LogP contribution is 2.39. The molecule has 3 rings (SSSR count). The number of hydrogen-bond donors (Lipinski definition) is 1. The molecule has 0 spiro atoms. The van der Waals surface area contributed by atoms with Gasteiger partial charge < -0.3 is 10.2 Å². The average molecular weight is 290 g/mol. The number of nitrogens with zero attached hydrogens (tertiary/aromatic N) is 1. The van der Waals surface area contributed by atoms with Crippen LogP contribution in [0.4, 0.5) is 13.2 Å². The van der Waals surface area contributed by atoms with Gasteiger partial charge in [0.15, 0.2) is 0 Å². The maximum Gasteiger partial charge on any atom is 0.391 e. The van der Waals surface area contributed by atoms with Crippen LogP contribution in [0.1, 0.15) is 51.4 Å². The molecule has 1 saturated carbocycles. The lowest BCUT2D eigenvalue weighted by Crippen LogP contribution is -2.51. The summed E-state index contributed by atoms with van der Waals surface area (Å²) in [5.74, 6) is -1.09. The van der Waals surface area contributed by atoms with Crippen molar-refractivity contribution in [3.63, 3.8) is 0 Å². The molecule has 0 aromatic heterocycles. The Morgan fingerprint density at radius 2 is 1.55 bits per heavy atom. The van der Waals surface area contributed by atoms with E-state index < -0.39 is 12.1 Å². The van der Waals surface area contributed by atoms with Gasteiger partial charge in [0.25, 0.3) is 0 Å². The first-order chi connectivity index (χ1) is 9.43. The van der Waals surface area contributed by atoms with E-state index in [9.17, 15) is 13.2 Å². The van der Waals surface area contributed by atoms with Crippen LogP contribution in [-0.4, -0.2) is 42.3 Å². The number of alkyl halides is 3. The molecule has 5 heteroatoms. The molecule has 20 heavy (non-hydrogen) atoms. The van der Waals surface area contributed by atoms with Gasteiger partial charge >= 0.3 is 6.18 Å². The van der Waals surface area contributed by atoms with Gasteiger partial charge in [-0.3, -0.25) is 0 Å². The molecule has 3 aliphatic rings. The van der Waals surface area contributed by atoms with E-state index in [0.717, 1.165) is 19.3 Å². The molecule has 2 nitrogen and oxygen atoms in total. The van der Waals surface area contributed by atoms with E-state index in [-0.39, 0.29) is 12.5 Å². The van der Waals surface area contributed by atoms with Crippen molar-refractivity contribution in [3.8, 4) is 0 Å². The predicted octanol–water partition coefficient (Wildman–Crippen LogP) is 3.32. The molecular formula is C15H25F3N2. The van der Waals surface area contributed by atoms with Crippen LogP contribution >= 0.6 is 0 Å². The highest BCUT2D eigenvalue weighted by molar-refractivity contribution is 4.97. The highest BCUT2D eigenvalue weighted by atomic mass is 19.4. The Hall–Kier alpha value is -0.290. The van der Waals surface area contributed by atoms with Crippen LogP contribution in [0.15, 0.2) is 0 Å². The Kier molecular flexibility index (Phi) is 4.01. The zero-order chi connectivity index (χ0) is 14.3. The smallest absolute Gasteiger partial charge is 0.311 e. The Morgan fingerprint density at radius 1 is 0.900 bits per heavy atom. The van der Waals surface area contributed by atoms with E-state index in [4.69, 9.17) is 0 Å². The van der Waals surface area contributed by atoms with Crippen LogP contribution in [0.2, 0.25) is 0 Å². The van der Waals surface area contributed by atoms with E-state index >= 15 is 0 Å². The molecule has 0 aromatic carbocycles. The summed E-state index contributed by atoms with van der Waals surface area (Å²) >= 11 is 0. The zero-order valence-electron chi connectivity index (χ0n) is 12.1. The van der Waals surface area contributed by atoms with Gasteiger partial charge in [-0.25, -0.2) is 0 Å². The van der Waals surface area contributed by atoms with E-state index in [1.54, 1.807) is 0 Å². The van der Waals surface area contributed by atoms with Crippen LogP contribution < -0.4 is 5.32 Å². The van der Waals surface area contributed by atoms with E-state index in [2.05, 4.69) is 17.3 Å². The molecule has 116 valence electrons. The molecule has 4 atom stereocenters. The first kappa shape index (κ1) is 14.6. The molecular weight excluding hydrogens is 265 g/mol. The summed E-state index contributed by atoms with van der Waals surface area (Å²) in [5, 5.41) is 3.55. The minimum absolute atomic E-state index is 0.0724. The Labute approximate surface area is 119 Å². The minimum Gasteiger partial charge on any atom is -0.311 e. The number of hydrogen-bond acceptors (Lipinski definition) is 2. The van der Waals surface area contributed by atoms with Gasteiger partial charge in [-0.05, 0) is 52.0 Å². The van der Waals surface area contributed by atoms with Crippen molar-refractivity contribution in [2.24, 2.45) is 5.92 Å². The normalized spacial score (nSPS) is 42.9. The summed E-state index contributed by atoms with van der Waals surface area (Å²) in [6, 6.07) is 1.80. The van der Waals surface area contributed by atoms with Gasteiger partial charge in [-0.1, -0.05) is 6.42 Å². The monoisotopic (exact) mass is 290 g/mol. The summed E-state index contributed by atoms with van der Waals surface area (Å²) in [6.45, 7) is 0. The van der Waals surface area contributed by atoms with Crippen molar-refractivity contribution in [2.75, 3.05) is 7.05 Å². The molecule has 2 heterocycles. The summed E-state index contributed by atoms with van der Waals surface area (Å²) in [6.07, 6.45) is 2.96. The Balaban J connectivity index is 1.53. The van der Waals surface area contributed by atoms with Crippen LogP contribution in [0, 0.1) is 5.92 Å². The van der Waals surface area contributed by atoms with Crippen LogP contribution in [0.25, 0.3) is 0 Å². The fraction of sp³-hybridized carbons (Fsp3) is 1.00. The Bertz CT molecular complexity index is 331.